The van der Waals surface area contributed by atoms with Crippen LogP contribution in [-0.4, -0.2) is 52.1 Å². The van der Waals surface area contributed by atoms with Gasteiger partial charge in [0.15, 0.2) is 5.03 Å². The van der Waals surface area contributed by atoms with E-state index in [1.807, 2.05) is 0 Å². The number of carbonyl (C=O) groups is 1. The molecule has 2 atom stereocenters. The zero-order chi connectivity index (χ0) is 16.5. The van der Waals surface area contributed by atoms with Gasteiger partial charge in [-0.25, -0.2) is 10.1 Å². The maximum absolute atomic E-state index is 12.1. The number of amides is 1. The molecule has 1 rings (SSSR count). The Morgan fingerprint density at radius 2 is 2.36 bits per heavy atom. The van der Waals surface area contributed by atoms with Crippen LogP contribution in [0.2, 0.25) is 0 Å². The Bertz CT molecular complexity index is 467. The number of nitriles is 1. The summed E-state index contributed by atoms with van der Waals surface area (Å²) >= 11 is 1.53. The van der Waals surface area contributed by atoms with Gasteiger partial charge in [-0.3, -0.25) is 10.2 Å². The maximum atomic E-state index is 12.1. The topological polar surface area (TPSA) is 161 Å². The van der Waals surface area contributed by atoms with E-state index in [-0.39, 0.29) is 11.9 Å². The molecule has 5 N–H and O–H groups in total. The molecule has 122 valence electrons. The number of hydrogen-bond donors (Lipinski definition) is 4. The standard InChI is InChI=1S/C11H19N7O3S/c12-5-8-6-22-7-17(8)10(19)9(13)3-1-2-4-15-11(14)16-18(20)21/h8-9H,1-4,6-7,13H2,(H3,14,15,16)/t8-,9+/m1/s1. The molecule has 0 radical (unpaired) electrons. The van der Waals surface area contributed by atoms with Gasteiger partial charge in [0.25, 0.3) is 5.96 Å². The van der Waals surface area contributed by atoms with E-state index < -0.39 is 17.1 Å². The lowest BCUT2D eigenvalue weighted by molar-refractivity contribution is -0.525. The van der Waals surface area contributed by atoms with Crippen molar-refractivity contribution >= 4 is 23.6 Å². The number of nitrogens with zero attached hydrogens (tertiary/aromatic N) is 3. The molecule has 0 unspecified atom stereocenters. The minimum atomic E-state index is -0.816. The number of thioether (sulfide) groups is 1. The van der Waals surface area contributed by atoms with Gasteiger partial charge in [-0.2, -0.15) is 5.26 Å². The fraction of sp³-hybridized carbons (Fsp3) is 0.727. The Labute approximate surface area is 132 Å². The summed E-state index contributed by atoms with van der Waals surface area (Å²) in [6.45, 7) is 0.376. The summed E-state index contributed by atoms with van der Waals surface area (Å²) in [5.74, 6) is 0.518. The number of rotatable bonds is 7. The van der Waals surface area contributed by atoms with Crippen LogP contribution in [0.4, 0.5) is 0 Å². The van der Waals surface area contributed by atoms with Gasteiger partial charge < -0.3 is 16.0 Å². The summed E-state index contributed by atoms with van der Waals surface area (Å²) in [5, 5.41) is 27.9. The highest BCUT2D eigenvalue weighted by Gasteiger charge is 2.31. The van der Waals surface area contributed by atoms with Crippen molar-refractivity contribution < 1.29 is 9.83 Å². The average molecular weight is 329 g/mol. The molecule has 1 fully saturated rings. The molecule has 0 saturated carbocycles. The molecule has 1 aliphatic rings. The molecule has 0 bridgehead atoms. The Morgan fingerprint density at radius 3 is 3.00 bits per heavy atom. The number of carbonyl (C=O) groups excluding carboxylic acids is 1. The van der Waals surface area contributed by atoms with E-state index in [2.05, 4.69) is 11.4 Å². The van der Waals surface area contributed by atoms with Gasteiger partial charge in [0.05, 0.1) is 18.0 Å². The Hall–Kier alpha value is -2.06. The molecule has 1 heterocycles. The van der Waals surface area contributed by atoms with Gasteiger partial charge in [0.1, 0.15) is 6.04 Å². The third-order valence-corrected chi connectivity index (χ3v) is 4.09. The normalized spacial score (nSPS) is 18.4. The second-order valence-corrected chi connectivity index (χ2v) is 5.73. The van der Waals surface area contributed by atoms with Crippen molar-refractivity contribution in [2.45, 2.75) is 31.3 Å². The van der Waals surface area contributed by atoms with Crippen molar-refractivity contribution in [3.63, 3.8) is 0 Å². The van der Waals surface area contributed by atoms with E-state index in [0.717, 1.165) is 0 Å². The first-order valence-corrected chi connectivity index (χ1v) is 7.88. The minimum Gasteiger partial charge on any atom is -0.352 e. The van der Waals surface area contributed by atoms with E-state index in [0.29, 0.717) is 37.4 Å². The smallest absolute Gasteiger partial charge is 0.251 e. The summed E-state index contributed by atoms with van der Waals surface area (Å²) in [5.41, 5.74) is 7.53. The number of nitrogens with two attached hydrogens (primary N) is 1. The van der Waals surface area contributed by atoms with Gasteiger partial charge in [0, 0.05) is 12.3 Å². The highest BCUT2D eigenvalue weighted by molar-refractivity contribution is 7.99. The summed E-state index contributed by atoms with van der Waals surface area (Å²) in [6, 6.07) is 1.04. The van der Waals surface area contributed by atoms with Gasteiger partial charge in [-0.1, -0.05) is 5.43 Å². The van der Waals surface area contributed by atoms with Gasteiger partial charge >= 0.3 is 0 Å². The van der Waals surface area contributed by atoms with E-state index in [1.165, 1.54) is 16.7 Å². The number of guanidine groups is 1. The SMILES string of the molecule is N#C[C@@H]1CSCN1C(=O)[C@@H](N)CCCCNC(=N)N[N+](=O)[O-]. The molecular formula is C11H19N7O3S. The first-order valence-electron chi connectivity index (χ1n) is 6.72. The summed E-state index contributed by atoms with van der Waals surface area (Å²) in [4.78, 5) is 23.7. The van der Waals surface area contributed by atoms with Crippen LogP contribution in [0.3, 0.4) is 0 Å². The van der Waals surface area contributed by atoms with Crippen LogP contribution in [0.5, 0.6) is 0 Å². The predicted molar refractivity (Wildman–Crippen MR) is 81.3 cm³/mol. The molecule has 22 heavy (non-hydrogen) atoms. The van der Waals surface area contributed by atoms with Crippen LogP contribution in [0.25, 0.3) is 0 Å². The fourth-order valence-electron chi connectivity index (χ4n) is 1.94. The fourth-order valence-corrected chi connectivity index (χ4v) is 3.02. The van der Waals surface area contributed by atoms with Crippen molar-refractivity contribution in [2.75, 3.05) is 18.2 Å². The van der Waals surface area contributed by atoms with Crippen LogP contribution in [0.1, 0.15) is 19.3 Å². The zero-order valence-electron chi connectivity index (χ0n) is 11.9. The van der Waals surface area contributed by atoms with E-state index >= 15 is 0 Å². The van der Waals surface area contributed by atoms with Crippen molar-refractivity contribution in [3.8, 4) is 6.07 Å². The van der Waals surface area contributed by atoms with Crippen molar-refractivity contribution in [3.05, 3.63) is 10.1 Å². The zero-order valence-corrected chi connectivity index (χ0v) is 12.8. The number of nitro groups is 1. The van der Waals surface area contributed by atoms with Crippen LogP contribution < -0.4 is 16.5 Å². The Kier molecular flexibility index (Phi) is 7.41. The number of hydrazine groups is 1. The maximum Gasteiger partial charge on any atom is 0.251 e. The average Bonchev–Trinajstić information content (AvgIpc) is 2.93. The molecular weight excluding hydrogens is 310 g/mol. The molecule has 1 saturated heterocycles. The second kappa shape index (κ2) is 9.06. The quantitative estimate of drug-likeness (QED) is 0.155. The van der Waals surface area contributed by atoms with Gasteiger partial charge in [-0.15, -0.1) is 11.8 Å². The van der Waals surface area contributed by atoms with Crippen LogP contribution in [0, 0.1) is 26.9 Å². The lowest BCUT2D eigenvalue weighted by Crippen LogP contribution is -2.46. The van der Waals surface area contributed by atoms with E-state index in [1.54, 1.807) is 5.43 Å². The summed E-state index contributed by atoms with van der Waals surface area (Å²) in [7, 11) is 0. The van der Waals surface area contributed by atoms with Crippen LogP contribution >= 0.6 is 11.8 Å². The monoisotopic (exact) mass is 329 g/mol. The molecule has 1 aliphatic heterocycles. The van der Waals surface area contributed by atoms with Crippen molar-refractivity contribution in [1.29, 1.82) is 10.7 Å². The van der Waals surface area contributed by atoms with Crippen molar-refractivity contribution in [2.24, 2.45) is 5.73 Å². The van der Waals surface area contributed by atoms with Gasteiger partial charge in [-0.05, 0) is 19.3 Å². The molecule has 10 nitrogen and oxygen atoms in total. The molecule has 0 aromatic heterocycles. The second-order valence-electron chi connectivity index (χ2n) is 4.73. The minimum absolute atomic E-state index is 0.215. The third kappa shape index (κ3) is 5.74. The predicted octanol–water partition coefficient (Wildman–Crippen LogP) is -0.785. The van der Waals surface area contributed by atoms with Crippen molar-refractivity contribution in [1.82, 2.24) is 15.6 Å². The Morgan fingerprint density at radius 1 is 1.64 bits per heavy atom. The van der Waals surface area contributed by atoms with Gasteiger partial charge in [0.2, 0.25) is 5.91 Å². The highest BCUT2D eigenvalue weighted by Crippen LogP contribution is 2.21. The highest BCUT2D eigenvalue weighted by atomic mass is 32.2. The molecule has 0 aliphatic carbocycles. The molecule has 11 heteroatoms. The molecule has 0 spiro atoms. The lowest BCUT2D eigenvalue weighted by atomic mass is 10.1. The molecule has 1 amide bonds. The largest absolute Gasteiger partial charge is 0.352 e. The number of nitrogens with one attached hydrogen (secondary N) is 3. The number of unbranched alkanes of at least 4 members (excludes halogenated alkanes) is 1. The Balaban J connectivity index is 2.19. The molecule has 0 aromatic rings. The first kappa shape index (κ1) is 18.0. The molecule has 0 aromatic carbocycles. The lowest BCUT2D eigenvalue weighted by Gasteiger charge is -2.22. The van der Waals surface area contributed by atoms with E-state index in [9.17, 15) is 14.9 Å². The summed E-state index contributed by atoms with van der Waals surface area (Å²) < 4.78 is 0. The van der Waals surface area contributed by atoms with Crippen LogP contribution in [-0.2, 0) is 4.79 Å². The third-order valence-electron chi connectivity index (χ3n) is 3.08. The van der Waals surface area contributed by atoms with E-state index in [4.69, 9.17) is 16.4 Å². The van der Waals surface area contributed by atoms with Crippen LogP contribution in [0.15, 0.2) is 0 Å². The summed E-state index contributed by atoms with van der Waals surface area (Å²) in [6.07, 6.45) is 1.73. The first-order chi connectivity index (χ1) is 10.5. The number of hydrogen-bond acceptors (Lipinski definition) is 7.